The van der Waals surface area contributed by atoms with Gasteiger partial charge in [-0.2, -0.15) is 0 Å². The van der Waals surface area contributed by atoms with E-state index in [1.807, 2.05) is 42.5 Å². The Morgan fingerprint density at radius 3 is 2.00 bits per heavy atom. The lowest BCUT2D eigenvalue weighted by atomic mass is 10.0. The lowest BCUT2D eigenvalue weighted by Gasteiger charge is -2.35. The number of hydrogen-bond acceptors (Lipinski definition) is 5. The van der Waals surface area contributed by atoms with Gasteiger partial charge in [-0.1, -0.05) is 48.5 Å². The highest BCUT2D eigenvalue weighted by Crippen LogP contribution is 2.21. The van der Waals surface area contributed by atoms with Gasteiger partial charge in [-0.3, -0.25) is 24.1 Å². The molecule has 0 radical (unpaired) electrons. The average Bonchev–Trinajstić information content (AvgIpc) is 3.16. The molecule has 2 heterocycles. The molecule has 2 aliphatic rings. The van der Waals surface area contributed by atoms with Crippen molar-refractivity contribution in [3.05, 3.63) is 65.7 Å². The highest BCUT2D eigenvalue weighted by Gasteiger charge is 2.33. The van der Waals surface area contributed by atoms with E-state index in [0.717, 1.165) is 16.0 Å². The fourth-order valence-corrected chi connectivity index (χ4v) is 4.08. The highest BCUT2D eigenvalue weighted by atomic mass is 16.5. The van der Waals surface area contributed by atoms with Crippen molar-refractivity contribution in [1.29, 1.82) is 0 Å². The fourth-order valence-electron chi connectivity index (χ4n) is 4.08. The second-order valence-electron chi connectivity index (χ2n) is 8.19. The maximum atomic E-state index is 12.7. The summed E-state index contributed by atoms with van der Waals surface area (Å²) in [4.78, 5) is 52.9. The normalized spacial score (nSPS) is 16.3. The molecular weight excluding hydrogens is 422 g/mol. The molecule has 8 nitrogen and oxygen atoms in total. The monoisotopic (exact) mass is 449 g/mol. The predicted molar refractivity (Wildman–Crippen MR) is 120 cm³/mol. The number of hydrogen-bond donors (Lipinski definition) is 0. The Labute approximate surface area is 192 Å². The molecule has 4 rings (SSSR count). The zero-order valence-electron chi connectivity index (χ0n) is 18.4. The summed E-state index contributed by atoms with van der Waals surface area (Å²) in [6.07, 6.45) is 1.06. The van der Waals surface area contributed by atoms with Crippen LogP contribution in [0.4, 0.5) is 0 Å². The first-order valence-corrected chi connectivity index (χ1v) is 11.1. The van der Waals surface area contributed by atoms with E-state index in [0.29, 0.717) is 38.3 Å². The van der Waals surface area contributed by atoms with Gasteiger partial charge < -0.3 is 14.5 Å². The number of para-hydroxylation sites is 1. The Bertz CT molecular complexity index is 1020. The van der Waals surface area contributed by atoms with Crippen molar-refractivity contribution >= 4 is 23.6 Å². The summed E-state index contributed by atoms with van der Waals surface area (Å²) in [6.45, 7) is 1.23. The van der Waals surface area contributed by atoms with Crippen LogP contribution in [-0.4, -0.2) is 77.7 Å². The average molecular weight is 450 g/mol. The summed E-state index contributed by atoms with van der Waals surface area (Å²) < 4.78 is 5.86. The van der Waals surface area contributed by atoms with E-state index in [1.165, 1.54) is 0 Å². The number of benzene rings is 2. The minimum Gasteiger partial charge on any atom is -0.483 e. The topological polar surface area (TPSA) is 87.2 Å². The molecule has 2 aliphatic heterocycles. The van der Waals surface area contributed by atoms with Crippen LogP contribution >= 0.6 is 0 Å². The van der Waals surface area contributed by atoms with E-state index in [-0.39, 0.29) is 49.6 Å². The number of rotatable bonds is 7. The van der Waals surface area contributed by atoms with Crippen molar-refractivity contribution in [3.63, 3.8) is 0 Å². The van der Waals surface area contributed by atoms with Crippen molar-refractivity contribution < 1.29 is 23.9 Å². The Hall–Kier alpha value is -3.68. The van der Waals surface area contributed by atoms with Gasteiger partial charge in [0.1, 0.15) is 12.3 Å². The minimum atomic E-state index is -0.299. The third-order valence-corrected chi connectivity index (χ3v) is 5.99. The van der Waals surface area contributed by atoms with Crippen molar-refractivity contribution in [2.45, 2.75) is 19.3 Å². The number of piperazine rings is 1. The number of carbonyl (C=O) groups excluding carboxylic acids is 4. The van der Waals surface area contributed by atoms with Crippen LogP contribution in [0, 0.1) is 0 Å². The number of ether oxygens (including phenoxy) is 1. The SMILES string of the molecule is O=C(COc1ccccc1Cc1ccccc1)N1CCN(C(=O)CN2C(=O)CCC2=O)CC1. The first-order chi connectivity index (χ1) is 16.0. The van der Waals surface area contributed by atoms with Gasteiger partial charge in [0.05, 0.1) is 0 Å². The second-order valence-corrected chi connectivity index (χ2v) is 8.19. The number of amides is 4. The molecule has 0 saturated carbocycles. The second kappa shape index (κ2) is 10.3. The fraction of sp³-hybridized carbons (Fsp3) is 0.360. The van der Waals surface area contributed by atoms with Gasteiger partial charge in [-0.25, -0.2) is 0 Å². The molecule has 2 aromatic rings. The van der Waals surface area contributed by atoms with Gasteiger partial charge in [-0.05, 0) is 17.2 Å². The zero-order chi connectivity index (χ0) is 23.2. The van der Waals surface area contributed by atoms with Gasteiger partial charge in [0.25, 0.3) is 5.91 Å². The van der Waals surface area contributed by atoms with Crippen LogP contribution < -0.4 is 4.74 Å². The summed E-state index contributed by atoms with van der Waals surface area (Å²) in [5, 5.41) is 0. The quantitative estimate of drug-likeness (QED) is 0.598. The molecule has 2 fully saturated rings. The van der Waals surface area contributed by atoms with Crippen LogP contribution in [0.25, 0.3) is 0 Å². The summed E-state index contributed by atoms with van der Waals surface area (Å²) in [5.41, 5.74) is 2.18. The Balaban J connectivity index is 1.26. The summed E-state index contributed by atoms with van der Waals surface area (Å²) >= 11 is 0. The molecule has 2 aromatic carbocycles. The maximum absolute atomic E-state index is 12.7. The third-order valence-electron chi connectivity index (χ3n) is 5.99. The predicted octanol–water partition coefficient (Wildman–Crippen LogP) is 1.48. The van der Waals surface area contributed by atoms with Gasteiger partial charge in [0, 0.05) is 45.4 Å². The molecule has 0 bridgehead atoms. The number of carbonyl (C=O) groups is 4. The summed E-state index contributed by atoms with van der Waals surface area (Å²) in [6, 6.07) is 17.8. The van der Waals surface area contributed by atoms with Crippen molar-refractivity contribution in [2.75, 3.05) is 39.3 Å². The molecule has 0 spiro atoms. The van der Waals surface area contributed by atoms with Gasteiger partial charge in [-0.15, -0.1) is 0 Å². The standard InChI is InChI=1S/C25H27N3O5/c29-22-10-11-23(30)28(22)17-24(31)26-12-14-27(15-13-26)25(32)18-33-21-9-5-4-8-20(21)16-19-6-2-1-3-7-19/h1-9H,10-18H2. The van der Waals surface area contributed by atoms with Crippen LogP contribution in [-0.2, 0) is 25.6 Å². The Morgan fingerprint density at radius 2 is 1.33 bits per heavy atom. The number of nitrogens with zero attached hydrogens (tertiary/aromatic N) is 3. The van der Waals surface area contributed by atoms with E-state index in [4.69, 9.17) is 4.74 Å². The smallest absolute Gasteiger partial charge is 0.260 e. The van der Waals surface area contributed by atoms with Crippen LogP contribution in [0.5, 0.6) is 5.75 Å². The molecule has 33 heavy (non-hydrogen) atoms. The molecule has 8 heteroatoms. The van der Waals surface area contributed by atoms with E-state index in [1.54, 1.807) is 9.80 Å². The van der Waals surface area contributed by atoms with Crippen molar-refractivity contribution in [3.8, 4) is 5.75 Å². The highest BCUT2D eigenvalue weighted by molar-refractivity contribution is 6.04. The molecule has 2 saturated heterocycles. The summed E-state index contributed by atoms with van der Waals surface area (Å²) in [7, 11) is 0. The molecule has 0 aromatic heterocycles. The van der Waals surface area contributed by atoms with Gasteiger partial charge in [0.2, 0.25) is 17.7 Å². The molecule has 4 amide bonds. The molecule has 0 atom stereocenters. The molecular formula is C25H27N3O5. The number of likely N-dealkylation sites (tertiary alicyclic amines) is 1. The Kier molecular flexibility index (Phi) is 7.02. The van der Waals surface area contributed by atoms with Gasteiger partial charge >= 0.3 is 0 Å². The summed E-state index contributed by atoms with van der Waals surface area (Å²) in [5.74, 6) is -0.319. The van der Waals surface area contributed by atoms with E-state index < -0.39 is 0 Å². The maximum Gasteiger partial charge on any atom is 0.260 e. The third kappa shape index (κ3) is 5.58. The molecule has 0 aliphatic carbocycles. The van der Waals surface area contributed by atoms with Crippen LogP contribution in [0.1, 0.15) is 24.0 Å². The van der Waals surface area contributed by atoms with E-state index in [2.05, 4.69) is 12.1 Å². The first kappa shape index (κ1) is 22.5. The molecule has 0 N–H and O–H groups in total. The van der Waals surface area contributed by atoms with Crippen LogP contribution in [0.3, 0.4) is 0 Å². The number of imide groups is 1. The minimum absolute atomic E-state index is 0.0729. The van der Waals surface area contributed by atoms with Crippen LogP contribution in [0.15, 0.2) is 54.6 Å². The van der Waals surface area contributed by atoms with E-state index in [9.17, 15) is 19.2 Å². The Morgan fingerprint density at radius 1 is 0.758 bits per heavy atom. The van der Waals surface area contributed by atoms with E-state index >= 15 is 0 Å². The van der Waals surface area contributed by atoms with Gasteiger partial charge in [0.15, 0.2) is 6.61 Å². The van der Waals surface area contributed by atoms with Crippen molar-refractivity contribution in [1.82, 2.24) is 14.7 Å². The largest absolute Gasteiger partial charge is 0.483 e. The molecule has 0 unspecified atom stereocenters. The lowest BCUT2D eigenvalue weighted by Crippen LogP contribution is -2.53. The lowest BCUT2D eigenvalue weighted by molar-refractivity contribution is -0.147. The zero-order valence-corrected chi connectivity index (χ0v) is 18.4. The molecule has 172 valence electrons. The van der Waals surface area contributed by atoms with Crippen molar-refractivity contribution in [2.24, 2.45) is 0 Å². The van der Waals surface area contributed by atoms with Crippen LogP contribution in [0.2, 0.25) is 0 Å². The first-order valence-electron chi connectivity index (χ1n) is 11.1.